The lowest BCUT2D eigenvalue weighted by Gasteiger charge is -2.29. The minimum absolute atomic E-state index is 0.0133. The van der Waals surface area contributed by atoms with Crippen LogP contribution >= 0.6 is 0 Å². The van der Waals surface area contributed by atoms with Gasteiger partial charge in [-0.3, -0.25) is 9.59 Å². The quantitative estimate of drug-likeness (QED) is 0.838. The van der Waals surface area contributed by atoms with E-state index in [1.54, 1.807) is 0 Å². The molecule has 27 heavy (non-hydrogen) atoms. The molecule has 1 aromatic carbocycles. The maximum atomic E-state index is 11.8. The number of fused-ring (bicyclic) bond motifs is 1. The van der Waals surface area contributed by atoms with Crippen molar-refractivity contribution in [3.05, 3.63) is 30.1 Å². The van der Waals surface area contributed by atoms with Gasteiger partial charge in [-0.25, -0.2) is 4.98 Å². The molecule has 1 amide bonds. The van der Waals surface area contributed by atoms with Crippen LogP contribution in [0.4, 0.5) is 0 Å². The molecule has 3 rings (SSSR count). The van der Waals surface area contributed by atoms with Gasteiger partial charge in [-0.1, -0.05) is 12.1 Å². The highest BCUT2D eigenvalue weighted by molar-refractivity contribution is 5.79. The Morgan fingerprint density at radius 3 is 2.74 bits per heavy atom. The number of imidazole rings is 1. The summed E-state index contributed by atoms with van der Waals surface area (Å²) in [6.45, 7) is 4.01. The number of carbonyl (C=O) groups excluding carboxylic acids is 1. The standard InChI is InChI=1S/C20H28N4O3/c1-15(25)24(14-20(26)27)16-6-5-11-23(12-9-16)13-10-19-21-17-7-3-4-8-18(17)22(19)2/h3-4,7-8,16H,5-6,9-14H2,1-2H3,(H,26,27). The third-order valence-corrected chi connectivity index (χ3v) is 5.47. The fraction of sp³-hybridized carbons (Fsp3) is 0.550. The Morgan fingerprint density at radius 1 is 1.26 bits per heavy atom. The molecule has 0 aliphatic carbocycles. The summed E-state index contributed by atoms with van der Waals surface area (Å²) in [5.41, 5.74) is 2.17. The first-order chi connectivity index (χ1) is 13.0. The van der Waals surface area contributed by atoms with Crippen LogP contribution in [0.3, 0.4) is 0 Å². The van der Waals surface area contributed by atoms with E-state index in [2.05, 4.69) is 22.6 Å². The van der Waals surface area contributed by atoms with Gasteiger partial charge in [0.25, 0.3) is 0 Å². The molecular weight excluding hydrogens is 344 g/mol. The van der Waals surface area contributed by atoms with E-state index in [4.69, 9.17) is 10.1 Å². The number of likely N-dealkylation sites (tertiary alicyclic amines) is 1. The number of carbonyl (C=O) groups is 2. The predicted molar refractivity (Wildman–Crippen MR) is 104 cm³/mol. The highest BCUT2D eigenvalue weighted by Crippen LogP contribution is 2.19. The molecule has 0 radical (unpaired) electrons. The highest BCUT2D eigenvalue weighted by atomic mass is 16.4. The molecule has 146 valence electrons. The van der Waals surface area contributed by atoms with Crippen LogP contribution in [0.5, 0.6) is 0 Å². The van der Waals surface area contributed by atoms with Crippen molar-refractivity contribution in [3.63, 3.8) is 0 Å². The molecule has 1 fully saturated rings. The largest absolute Gasteiger partial charge is 0.480 e. The van der Waals surface area contributed by atoms with Crippen molar-refractivity contribution in [1.29, 1.82) is 0 Å². The Kier molecular flexibility index (Phi) is 6.11. The minimum atomic E-state index is -0.951. The molecule has 1 unspecified atom stereocenters. The van der Waals surface area contributed by atoms with Gasteiger partial charge >= 0.3 is 5.97 Å². The highest BCUT2D eigenvalue weighted by Gasteiger charge is 2.26. The number of aliphatic carboxylic acids is 1. The van der Waals surface area contributed by atoms with Crippen molar-refractivity contribution in [2.24, 2.45) is 7.05 Å². The summed E-state index contributed by atoms with van der Waals surface area (Å²) < 4.78 is 2.15. The van der Waals surface area contributed by atoms with Crippen LogP contribution in [-0.4, -0.2) is 68.6 Å². The summed E-state index contributed by atoms with van der Waals surface area (Å²) in [5.74, 6) is -0.0306. The molecule has 2 heterocycles. The molecule has 1 N–H and O–H groups in total. The fourth-order valence-corrected chi connectivity index (χ4v) is 3.99. The number of rotatable bonds is 6. The molecule has 0 saturated carbocycles. The normalized spacial score (nSPS) is 18.4. The van der Waals surface area contributed by atoms with E-state index in [1.807, 2.05) is 18.2 Å². The van der Waals surface area contributed by atoms with Gasteiger partial charge in [0.05, 0.1) is 11.0 Å². The zero-order valence-corrected chi connectivity index (χ0v) is 16.1. The van der Waals surface area contributed by atoms with Crippen molar-refractivity contribution >= 4 is 22.9 Å². The zero-order chi connectivity index (χ0) is 19.4. The Morgan fingerprint density at radius 2 is 2.04 bits per heavy atom. The second kappa shape index (κ2) is 8.52. The molecule has 0 spiro atoms. The number of amides is 1. The molecule has 7 heteroatoms. The second-order valence-electron chi connectivity index (χ2n) is 7.29. The van der Waals surface area contributed by atoms with Crippen LogP contribution in [0, 0.1) is 0 Å². The van der Waals surface area contributed by atoms with E-state index in [1.165, 1.54) is 11.8 Å². The lowest BCUT2D eigenvalue weighted by atomic mass is 10.1. The molecule has 1 saturated heterocycles. The number of para-hydroxylation sites is 2. The van der Waals surface area contributed by atoms with E-state index in [0.717, 1.165) is 62.2 Å². The summed E-state index contributed by atoms with van der Waals surface area (Å²) in [6, 6.07) is 8.17. The van der Waals surface area contributed by atoms with Gasteiger partial charge in [0.15, 0.2) is 0 Å². The van der Waals surface area contributed by atoms with Gasteiger partial charge in [0.2, 0.25) is 5.91 Å². The molecule has 1 atom stereocenters. The van der Waals surface area contributed by atoms with E-state index in [-0.39, 0.29) is 18.5 Å². The first kappa shape index (κ1) is 19.4. The van der Waals surface area contributed by atoms with Gasteiger partial charge in [0.1, 0.15) is 12.4 Å². The van der Waals surface area contributed by atoms with Crippen LogP contribution in [0.15, 0.2) is 24.3 Å². The summed E-state index contributed by atoms with van der Waals surface area (Å²) in [7, 11) is 2.06. The zero-order valence-electron chi connectivity index (χ0n) is 16.1. The van der Waals surface area contributed by atoms with Crippen molar-refractivity contribution in [1.82, 2.24) is 19.4 Å². The predicted octanol–water partition coefficient (Wildman–Crippen LogP) is 1.90. The van der Waals surface area contributed by atoms with E-state index in [9.17, 15) is 9.59 Å². The first-order valence-corrected chi connectivity index (χ1v) is 9.57. The molecule has 1 aliphatic heterocycles. The number of carboxylic acid groups (broad SMARTS) is 1. The summed E-state index contributed by atoms with van der Waals surface area (Å²) in [4.78, 5) is 31.6. The number of aryl methyl sites for hydroxylation is 1. The van der Waals surface area contributed by atoms with Crippen molar-refractivity contribution in [2.75, 3.05) is 26.2 Å². The van der Waals surface area contributed by atoms with Gasteiger partial charge < -0.3 is 19.5 Å². The molecular formula is C20H28N4O3. The lowest BCUT2D eigenvalue weighted by Crippen LogP contribution is -2.42. The van der Waals surface area contributed by atoms with E-state index < -0.39 is 5.97 Å². The molecule has 0 bridgehead atoms. The number of nitrogens with zero attached hydrogens (tertiary/aromatic N) is 4. The average Bonchev–Trinajstić information content (AvgIpc) is 2.80. The Bertz CT molecular complexity index is 817. The number of benzene rings is 1. The van der Waals surface area contributed by atoms with Crippen LogP contribution in [0.25, 0.3) is 11.0 Å². The molecule has 1 aliphatic rings. The minimum Gasteiger partial charge on any atom is -0.480 e. The number of carboxylic acids is 1. The summed E-state index contributed by atoms with van der Waals surface area (Å²) in [5, 5.41) is 9.07. The maximum absolute atomic E-state index is 11.8. The molecule has 7 nitrogen and oxygen atoms in total. The smallest absolute Gasteiger partial charge is 0.323 e. The first-order valence-electron chi connectivity index (χ1n) is 9.57. The Labute approximate surface area is 159 Å². The van der Waals surface area contributed by atoms with Crippen molar-refractivity contribution in [2.45, 2.75) is 38.6 Å². The van der Waals surface area contributed by atoms with Gasteiger partial charge in [0, 0.05) is 39.5 Å². The van der Waals surface area contributed by atoms with E-state index in [0.29, 0.717) is 0 Å². The average molecular weight is 372 g/mol. The number of aromatic nitrogens is 2. The topological polar surface area (TPSA) is 78.7 Å². The Balaban J connectivity index is 1.58. The second-order valence-corrected chi connectivity index (χ2v) is 7.29. The molecule has 2 aromatic rings. The third-order valence-electron chi connectivity index (χ3n) is 5.47. The van der Waals surface area contributed by atoms with Gasteiger partial charge in [-0.2, -0.15) is 0 Å². The number of hydrogen-bond acceptors (Lipinski definition) is 4. The maximum Gasteiger partial charge on any atom is 0.323 e. The fourth-order valence-electron chi connectivity index (χ4n) is 3.99. The summed E-state index contributed by atoms with van der Waals surface area (Å²) in [6.07, 6.45) is 3.52. The third kappa shape index (κ3) is 4.66. The van der Waals surface area contributed by atoms with Crippen molar-refractivity contribution in [3.8, 4) is 0 Å². The van der Waals surface area contributed by atoms with Gasteiger partial charge in [-0.15, -0.1) is 0 Å². The lowest BCUT2D eigenvalue weighted by molar-refractivity contribution is -0.145. The van der Waals surface area contributed by atoms with Crippen LogP contribution in [0.2, 0.25) is 0 Å². The van der Waals surface area contributed by atoms with Crippen LogP contribution in [-0.2, 0) is 23.1 Å². The Hall–Kier alpha value is -2.41. The number of hydrogen-bond donors (Lipinski definition) is 1. The summed E-state index contributed by atoms with van der Waals surface area (Å²) >= 11 is 0. The van der Waals surface area contributed by atoms with Crippen LogP contribution < -0.4 is 0 Å². The molecule has 1 aromatic heterocycles. The SMILES string of the molecule is CC(=O)N(CC(=O)O)C1CCCN(CCc2nc3ccccc3n2C)CC1. The monoisotopic (exact) mass is 372 g/mol. The van der Waals surface area contributed by atoms with Crippen molar-refractivity contribution < 1.29 is 14.7 Å². The van der Waals surface area contributed by atoms with E-state index >= 15 is 0 Å². The van der Waals surface area contributed by atoms with Crippen LogP contribution in [0.1, 0.15) is 32.0 Å². The van der Waals surface area contributed by atoms with Gasteiger partial charge in [-0.05, 0) is 37.9 Å².